The first-order valence-electron chi connectivity index (χ1n) is 10.9. The van der Waals surface area contributed by atoms with Gasteiger partial charge in [-0.3, -0.25) is 4.79 Å². The van der Waals surface area contributed by atoms with Crippen LogP contribution in [0.1, 0.15) is 44.6 Å². The smallest absolute Gasteiger partial charge is 0.406 e. The predicted molar refractivity (Wildman–Crippen MR) is 116 cm³/mol. The Labute approximate surface area is 189 Å². The molecule has 0 radical (unpaired) electrons. The topological polar surface area (TPSA) is 74.8 Å². The third-order valence-electron chi connectivity index (χ3n) is 5.95. The van der Waals surface area contributed by atoms with E-state index in [1.54, 1.807) is 19.2 Å². The van der Waals surface area contributed by atoms with Crippen molar-refractivity contribution in [2.75, 3.05) is 10.2 Å². The molecule has 1 aromatic carbocycles. The van der Waals surface area contributed by atoms with Crippen molar-refractivity contribution in [3.05, 3.63) is 48.2 Å². The summed E-state index contributed by atoms with van der Waals surface area (Å²) in [5.41, 5.74) is 1.01. The number of imide groups is 1. The number of halogens is 3. The summed E-state index contributed by atoms with van der Waals surface area (Å²) in [6.07, 6.45) is 2.69. The molecular formula is C23H25F3N4O3. The Bertz CT molecular complexity index is 1010. The standard InChI is InChI=1S/C23H25F3N4O3/c1-15-21(31)30(18-7-9-19(10-8-18)33-23(24,25)26)22(32)29(15)14-16-11-12-27-20(13-16)28-17-5-3-2-4-6-17/h7-13,15,17H,2-6,14H2,1H3,(H,27,28). The van der Waals surface area contributed by atoms with E-state index in [1.807, 2.05) is 6.07 Å². The van der Waals surface area contributed by atoms with E-state index in [1.165, 1.54) is 36.3 Å². The fraction of sp³-hybridized carbons (Fsp3) is 0.435. The molecule has 1 atom stereocenters. The molecule has 7 nitrogen and oxygen atoms in total. The molecule has 4 rings (SSSR count). The van der Waals surface area contributed by atoms with E-state index in [4.69, 9.17) is 0 Å². The van der Waals surface area contributed by atoms with Gasteiger partial charge in [0.05, 0.1) is 5.69 Å². The van der Waals surface area contributed by atoms with Gasteiger partial charge >= 0.3 is 12.4 Å². The van der Waals surface area contributed by atoms with Gasteiger partial charge in [0.2, 0.25) is 0 Å². The van der Waals surface area contributed by atoms with Crippen LogP contribution in [0.2, 0.25) is 0 Å². The molecule has 1 saturated heterocycles. The van der Waals surface area contributed by atoms with Crippen LogP contribution in [-0.2, 0) is 11.3 Å². The van der Waals surface area contributed by atoms with Crippen LogP contribution in [-0.4, -0.2) is 40.3 Å². The third kappa shape index (κ3) is 5.37. The van der Waals surface area contributed by atoms with Gasteiger partial charge in [0.25, 0.3) is 5.91 Å². The van der Waals surface area contributed by atoms with Crippen molar-refractivity contribution < 1.29 is 27.5 Å². The van der Waals surface area contributed by atoms with Crippen LogP contribution >= 0.6 is 0 Å². The lowest BCUT2D eigenvalue weighted by molar-refractivity contribution is -0.274. The van der Waals surface area contributed by atoms with E-state index < -0.39 is 30.1 Å². The number of anilines is 2. The van der Waals surface area contributed by atoms with Crippen molar-refractivity contribution in [1.82, 2.24) is 9.88 Å². The van der Waals surface area contributed by atoms with Crippen LogP contribution in [0.15, 0.2) is 42.6 Å². The molecule has 2 aromatic rings. The quantitative estimate of drug-likeness (QED) is 0.606. The van der Waals surface area contributed by atoms with Gasteiger partial charge in [-0.1, -0.05) is 19.3 Å². The first kappa shape index (κ1) is 22.9. The molecule has 2 heterocycles. The predicted octanol–water partition coefficient (Wildman–Crippen LogP) is 5.08. The fourth-order valence-electron chi connectivity index (χ4n) is 4.25. The van der Waals surface area contributed by atoms with E-state index in [0.717, 1.165) is 41.3 Å². The summed E-state index contributed by atoms with van der Waals surface area (Å²) in [6, 6.07) is 7.47. The Morgan fingerprint density at radius 2 is 1.79 bits per heavy atom. The number of nitrogens with zero attached hydrogens (tertiary/aromatic N) is 3. The highest BCUT2D eigenvalue weighted by Crippen LogP contribution is 2.30. The van der Waals surface area contributed by atoms with Gasteiger partial charge in [0.1, 0.15) is 17.6 Å². The third-order valence-corrected chi connectivity index (χ3v) is 5.95. The minimum Gasteiger partial charge on any atom is -0.406 e. The molecule has 1 unspecified atom stereocenters. The average molecular weight is 462 g/mol. The minimum atomic E-state index is -4.82. The number of nitrogens with one attached hydrogen (secondary N) is 1. The molecule has 10 heteroatoms. The summed E-state index contributed by atoms with van der Waals surface area (Å²) in [4.78, 5) is 32.6. The molecule has 1 aliphatic heterocycles. The number of hydrogen-bond acceptors (Lipinski definition) is 5. The van der Waals surface area contributed by atoms with Crippen LogP contribution in [0, 0.1) is 0 Å². The summed E-state index contributed by atoms with van der Waals surface area (Å²) in [7, 11) is 0. The van der Waals surface area contributed by atoms with Gasteiger partial charge in [-0.15, -0.1) is 13.2 Å². The molecule has 1 N–H and O–H groups in total. The van der Waals surface area contributed by atoms with Crippen LogP contribution in [0.4, 0.5) is 29.5 Å². The van der Waals surface area contributed by atoms with Crippen molar-refractivity contribution in [2.45, 2.75) is 64.0 Å². The largest absolute Gasteiger partial charge is 0.573 e. The van der Waals surface area contributed by atoms with Gasteiger partial charge in [0, 0.05) is 18.8 Å². The number of benzene rings is 1. The number of urea groups is 1. The Morgan fingerprint density at radius 3 is 2.45 bits per heavy atom. The number of pyridine rings is 1. The molecule has 0 spiro atoms. The molecule has 0 bridgehead atoms. The molecule has 1 aromatic heterocycles. The van der Waals surface area contributed by atoms with E-state index in [9.17, 15) is 22.8 Å². The highest BCUT2D eigenvalue weighted by molar-refractivity contribution is 6.21. The second kappa shape index (κ2) is 9.29. The summed E-state index contributed by atoms with van der Waals surface area (Å²) in [5.74, 6) is -0.133. The number of carbonyl (C=O) groups is 2. The van der Waals surface area contributed by atoms with E-state index in [-0.39, 0.29) is 12.2 Å². The molecule has 1 saturated carbocycles. The van der Waals surface area contributed by atoms with Gasteiger partial charge in [-0.25, -0.2) is 14.7 Å². The number of aromatic nitrogens is 1. The molecular weight excluding hydrogens is 437 g/mol. The van der Waals surface area contributed by atoms with Crippen LogP contribution in [0.3, 0.4) is 0 Å². The van der Waals surface area contributed by atoms with Crippen molar-refractivity contribution in [1.29, 1.82) is 0 Å². The van der Waals surface area contributed by atoms with Crippen LogP contribution in [0.25, 0.3) is 0 Å². The minimum absolute atomic E-state index is 0.184. The maximum atomic E-state index is 13.0. The molecule has 2 fully saturated rings. The normalized spacial score (nSPS) is 19.8. The molecule has 33 heavy (non-hydrogen) atoms. The monoisotopic (exact) mass is 462 g/mol. The zero-order chi connectivity index (χ0) is 23.6. The van der Waals surface area contributed by atoms with Gasteiger partial charge in [0.15, 0.2) is 0 Å². The lowest BCUT2D eigenvalue weighted by atomic mass is 9.95. The van der Waals surface area contributed by atoms with Crippen LogP contribution in [0.5, 0.6) is 5.75 Å². The Hall–Kier alpha value is -3.30. The highest BCUT2D eigenvalue weighted by atomic mass is 19.4. The fourth-order valence-corrected chi connectivity index (χ4v) is 4.25. The van der Waals surface area contributed by atoms with Crippen molar-refractivity contribution >= 4 is 23.4 Å². The highest BCUT2D eigenvalue weighted by Gasteiger charge is 2.43. The molecule has 176 valence electrons. The number of amides is 3. The number of alkyl halides is 3. The number of carbonyl (C=O) groups excluding carboxylic acids is 2. The summed E-state index contributed by atoms with van der Waals surface area (Å²) >= 11 is 0. The Balaban J connectivity index is 1.46. The van der Waals surface area contributed by atoms with Crippen molar-refractivity contribution in [2.24, 2.45) is 0 Å². The molecule has 3 amide bonds. The van der Waals surface area contributed by atoms with Crippen molar-refractivity contribution in [3.63, 3.8) is 0 Å². The van der Waals surface area contributed by atoms with E-state index in [2.05, 4.69) is 15.0 Å². The van der Waals surface area contributed by atoms with Gasteiger partial charge in [-0.2, -0.15) is 0 Å². The second-order valence-electron chi connectivity index (χ2n) is 8.33. The zero-order valence-electron chi connectivity index (χ0n) is 18.1. The summed E-state index contributed by atoms with van der Waals surface area (Å²) < 4.78 is 41.0. The average Bonchev–Trinajstić information content (AvgIpc) is 2.98. The number of hydrogen-bond donors (Lipinski definition) is 1. The molecule has 2 aliphatic rings. The lowest BCUT2D eigenvalue weighted by Gasteiger charge is -2.24. The molecule has 1 aliphatic carbocycles. The lowest BCUT2D eigenvalue weighted by Crippen LogP contribution is -2.33. The number of ether oxygens (including phenoxy) is 1. The van der Waals surface area contributed by atoms with E-state index >= 15 is 0 Å². The summed E-state index contributed by atoms with van der Waals surface area (Å²) in [6.45, 7) is 1.84. The Kier molecular flexibility index (Phi) is 6.44. The first-order chi connectivity index (χ1) is 15.7. The zero-order valence-corrected chi connectivity index (χ0v) is 18.1. The summed E-state index contributed by atoms with van der Waals surface area (Å²) in [5, 5.41) is 3.45. The van der Waals surface area contributed by atoms with Crippen LogP contribution < -0.4 is 15.0 Å². The van der Waals surface area contributed by atoms with E-state index in [0.29, 0.717) is 6.04 Å². The van der Waals surface area contributed by atoms with Gasteiger partial charge < -0.3 is 15.0 Å². The first-order valence-corrected chi connectivity index (χ1v) is 10.9. The maximum absolute atomic E-state index is 13.0. The maximum Gasteiger partial charge on any atom is 0.573 e. The number of rotatable bonds is 6. The Morgan fingerprint density at radius 1 is 1.09 bits per heavy atom. The van der Waals surface area contributed by atoms with Gasteiger partial charge in [-0.05, 0) is 61.7 Å². The SMILES string of the molecule is CC1C(=O)N(c2ccc(OC(F)(F)F)cc2)C(=O)N1Cc1ccnc(NC2CCCCC2)c1. The second-order valence-corrected chi connectivity index (χ2v) is 8.33. The van der Waals surface area contributed by atoms with Crippen molar-refractivity contribution in [3.8, 4) is 5.75 Å².